The molecule has 1 N–H and O–H groups in total. The molecule has 0 radical (unpaired) electrons. The normalized spacial score (nSPS) is 16.7. The Balaban J connectivity index is 1.92. The van der Waals surface area contributed by atoms with Gasteiger partial charge in [-0.15, -0.1) is 0 Å². The van der Waals surface area contributed by atoms with E-state index in [1.807, 2.05) is 19.9 Å². The van der Waals surface area contributed by atoms with Crippen molar-refractivity contribution in [2.75, 3.05) is 0 Å². The third kappa shape index (κ3) is 4.48. The van der Waals surface area contributed by atoms with Crippen LogP contribution < -0.4 is 10.1 Å². The fourth-order valence-electron chi connectivity index (χ4n) is 2.91. The Morgan fingerprint density at radius 1 is 1.24 bits per heavy atom. The number of nitrogens with one attached hydrogen (secondary N) is 1. The molecule has 0 saturated heterocycles. The molecule has 3 heteroatoms. The maximum atomic E-state index is 12.1. The van der Waals surface area contributed by atoms with E-state index in [0.717, 1.165) is 25.0 Å². The zero-order valence-corrected chi connectivity index (χ0v) is 13.4. The molecular formula is C18H27NO2. The van der Waals surface area contributed by atoms with E-state index in [2.05, 4.69) is 24.4 Å². The van der Waals surface area contributed by atoms with Crippen molar-refractivity contribution < 1.29 is 9.53 Å². The van der Waals surface area contributed by atoms with Gasteiger partial charge in [-0.05, 0) is 69.2 Å². The van der Waals surface area contributed by atoms with Crippen LogP contribution in [0.4, 0.5) is 0 Å². The van der Waals surface area contributed by atoms with E-state index in [4.69, 9.17) is 4.74 Å². The molecule has 2 rings (SSSR count). The molecule has 0 aromatic heterocycles. The van der Waals surface area contributed by atoms with Crippen molar-refractivity contribution >= 4 is 5.91 Å². The average molecular weight is 289 g/mol. The van der Waals surface area contributed by atoms with Crippen molar-refractivity contribution in [2.24, 2.45) is 0 Å². The molecule has 0 saturated carbocycles. The van der Waals surface area contributed by atoms with Crippen molar-refractivity contribution in [3.05, 3.63) is 29.3 Å². The number of rotatable bonds is 6. The second-order valence-electron chi connectivity index (χ2n) is 6.10. The minimum Gasteiger partial charge on any atom is -0.481 e. The minimum atomic E-state index is -0.453. The standard InChI is InChI=1S/C18H27NO2/c1-4-7-13(2)19-18(20)14(3)21-17-11-10-15-8-5-6-9-16(15)12-17/h10-14H,4-9H2,1-3H3,(H,19,20)/t13-,14+/m1/s1. The number of aryl methyl sites for hydroxylation is 2. The molecule has 3 nitrogen and oxygen atoms in total. The van der Waals surface area contributed by atoms with E-state index in [1.165, 1.54) is 30.4 Å². The molecule has 1 aromatic rings. The van der Waals surface area contributed by atoms with Crippen LogP contribution in [0.3, 0.4) is 0 Å². The van der Waals surface area contributed by atoms with Gasteiger partial charge in [-0.2, -0.15) is 0 Å². The number of fused-ring (bicyclic) bond motifs is 1. The number of carbonyl (C=O) groups excluding carboxylic acids is 1. The van der Waals surface area contributed by atoms with E-state index in [0.29, 0.717) is 0 Å². The summed E-state index contributed by atoms with van der Waals surface area (Å²) in [6.45, 7) is 5.97. The summed E-state index contributed by atoms with van der Waals surface area (Å²) in [5, 5.41) is 3.00. The van der Waals surface area contributed by atoms with E-state index >= 15 is 0 Å². The van der Waals surface area contributed by atoms with E-state index < -0.39 is 6.10 Å². The molecule has 0 heterocycles. The van der Waals surface area contributed by atoms with Crippen LogP contribution in [0.15, 0.2) is 18.2 Å². The second-order valence-corrected chi connectivity index (χ2v) is 6.10. The summed E-state index contributed by atoms with van der Waals surface area (Å²) in [6.07, 6.45) is 6.44. The summed E-state index contributed by atoms with van der Waals surface area (Å²) in [6, 6.07) is 6.45. The Kier molecular flexibility index (Phi) is 5.66. The lowest BCUT2D eigenvalue weighted by molar-refractivity contribution is -0.127. The monoisotopic (exact) mass is 289 g/mol. The summed E-state index contributed by atoms with van der Waals surface area (Å²) in [5.41, 5.74) is 2.81. The quantitative estimate of drug-likeness (QED) is 0.868. The molecular weight excluding hydrogens is 262 g/mol. The predicted octanol–water partition coefficient (Wildman–Crippen LogP) is 3.64. The second kappa shape index (κ2) is 7.48. The van der Waals surface area contributed by atoms with Crippen molar-refractivity contribution in [2.45, 2.75) is 71.4 Å². The summed E-state index contributed by atoms with van der Waals surface area (Å²) in [4.78, 5) is 12.1. The first kappa shape index (κ1) is 15.9. The highest BCUT2D eigenvalue weighted by Crippen LogP contribution is 2.25. The summed E-state index contributed by atoms with van der Waals surface area (Å²) in [5.74, 6) is 0.773. The van der Waals surface area contributed by atoms with Gasteiger partial charge in [0.2, 0.25) is 0 Å². The van der Waals surface area contributed by atoms with Gasteiger partial charge in [0.25, 0.3) is 5.91 Å². The highest BCUT2D eigenvalue weighted by atomic mass is 16.5. The number of hydrogen-bond acceptors (Lipinski definition) is 2. The molecule has 1 aliphatic rings. The first-order valence-electron chi connectivity index (χ1n) is 8.19. The van der Waals surface area contributed by atoms with Crippen molar-refractivity contribution in [1.82, 2.24) is 5.32 Å². The largest absolute Gasteiger partial charge is 0.481 e. The number of carbonyl (C=O) groups is 1. The lowest BCUT2D eigenvalue weighted by atomic mass is 9.92. The molecule has 0 aliphatic heterocycles. The van der Waals surface area contributed by atoms with Crippen LogP contribution in [0.2, 0.25) is 0 Å². The smallest absolute Gasteiger partial charge is 0.260 e. The first-order chi connectivity index (χ1) is 10.1. The van der Waals surface area contributed by atoms with Gasteiger partial charge in [0.05, 0.1) is 0 Å². The fraction of sp³-hybridized carbons (Fsp3) is 0.611. The highest BCUT2D eigenvalue weighted by Gasteiger charge is 2.17. The van der Waals surface area contributed by atoms with Crippen LogP contribution in [0.25, 0.3) is 0 Å². The number of amides is 1. The molecule has 0 fully saturated rings. The summed E-state index contributed by atoms with van der Waals surface area (Å²) >= 11 is 0. The maximum Gasteiger partial charge on any atom is 0.260 e. The third-order valence-corrected chi connectivity index (χ3v) is 4.11. The first-order valence-corrected chi connectivity index (χ1v) is 8.19. The SMILES string of the molecule is CCC[C@@H](C)NC(=O)[C@H](C)Oc1ccc2c(c1)CCCC2. The summed E-state index contributed by atoms with van der Waals surface area (Å²) < 4.78 is 5.81. The van der Waals surface area contributed by atoms with Crippen molar-refractivity contribution in [3.63, 3.8) is 0 Å². The lowest BCUT2D eigenvalue weighted by Crippen LogP contribution is -2.41. The van der Waals surface area contributed by atoms with E-state index in [1.54, 1.807) is 0 Å². The van der Waals surface area contributed by atoms with Crippen molar-refractivity contribution in [1.29, 1.82) is 0 Å². The Bertz CT molecular complexity index is 484. The Morgan fingerprint density at radius 3 is 2.67 bits per heavy atom. The molecule has 0 bridgehead atoms. The Hall–Kier alpha value is -1.51. The van der Waals surface area contributed by atoms with Crippen LogP contribution in [-0.2, 0) is 17.6 Å². The molecule has 0 spiro atoms. The summed E-state index contributed by atoms with van der Waals surface area (Å²) in [7, 11) is 0. The number of benzene rings is 1. The van der Waals surface area contributed by atoms with E-state index in [9.17, 15) is 4.79 Å². The zero-order valence-electron chi connectivity index (χ0n) is 13.4. The highest BCUT2D eigenvalue weighted by molar-refractivity contribution is 5.80. The van der Waals surface area contributed by atoms with Gasteiger partial charge in [-0.3, -0.25) is 4.79 Å². The van der Waals surface area contributed by atoms with Gasteiger partial charge < -0.3 is 10.1 Å². The fourth-order valence-corrected chi connectivity index (χ4v) is 2.91. The Labute approximate surface area is 128 Å². The third-order valence-electron chi connectivity index (χ3n) is 4.11. The van der Waals surface area contributed by atoms with Crippen LogP contribution >= 0.6 is 0 Å². The van der Waals surface area contributed by atoms with Gasteiger partial charge in [-0.25, -0.2) is 0 Å². The molecule has 1 aliphatic carbocycles. The molecule has 21 heavy (non-hydrogen) atoms. The molecule has 1 aromatic carbocycles. The van der Waals surface area contributed by atoms with Gasteiger partial charge in [0.15, 0.2) is 6.10 Å². The van der Waals surface area contributed by atoms with Crippen LogP contribution in [-0.4, -0.2) is 18.1 Å². The van der Waals surface area contributed by atoms with Crippen LogP contribution in [0.1, 0.15) is 57.6 Å². The predicted molar refractivity (Wildman–Crippen MR) is 85.7 cm³/mol. The number of ether oxygens (including phenoxy) is 1. The lowest BCUT2D eigenvalue weighted by Gasteiger charge is -2.20. The topological polar surface area (TPSA) is 38.3 Å². The number of hydrogen-bond donors (Lipinski definition) is 1. The molecule has 1 amide bonds. The van der Waals surface area contributed by atoms with Crippen molar-refractivity contribution in [3.8, 4) is 5.75 Å². The molecule has 2 atom stereocenters. The Morgan fingerprint density at radius 2 is 1.95 bits per heavy atom. The van der Waals surface area contributed by atoms with Gasteiger partial charge in [-0.1, -0.05) is 19.4 Å². The van der Waals surface area contributed by atoms with Crippen LogP contribution in [0.5, 0.6) is 5.75 Å². The zero-order chi connectivity index (χ0) is 15.2. The minimum absolute atomic E-state index is 0.0336. The van der Waals surface area contributed by atoms with E-state index in [-0.39, 0.29) is 11.9 Å². The molecule has 116 valence electrons. The maximum absolute atomic E-state index is 12.1. The molecule has 0 unspecified atom stereocenters. The average Bonchev–Trinajstić information content (AvgIpc) is 2.47. The van der Waals surface area contributed by atoms with Crippen LogP contribution in [0, 0.1) is 0 Å². The van der Waals surface area contributed by atoms with Gasteiger partial charge in [0, 0.05) is 6.04 Å². The van der Waals surface area contributed by atoms with Gasteiger partial charge in [0.1, 0.15) is 5.75 Å². The van der Waals surface area contributed by atoms with Gasteiger partial charge >= 0.3 is 0 Å².